The summed E-state index contributed by atoms with van der Waals surface area (Å²) in [4.78, 5) is 20.1. The van der Waals surface area contributed by atoms with Gasteiger partial charge in [0.1, 0.15) is 0 Å². The van der Waals surface area contributed by atoms with E-state index in [4.69, 9.17) is 5.26 Å². The molecule has 1 amide bonds. The Morgan fingerprint density at radius 1 is 1.37 bits per heavy atom. The maximum atomic E-state index is 12.5. The number of nitriles is 1. The van der Waals surface area contributed by atoms with E-state index in [2.05, 4.69) is 26.7 Å². The van der Waals surface area contributed by atoms with Gasteiger partial charge in [-0.15, -0.1) is 0 Å². The third-order valence-electron chi connectivity index (χ3n) is 4.07. The number of carbonyl (C=O) groups excluding carboxylic acids is 1. The topological polar surface area (TPSA) is 93.6 Å². The minimum absolute atomic E-state index is 0.0318. The monoisotopic (exact) mass is 371 g/mol. The van der Waals surface area contributed by atoms with Crippen LogP contribution in [0.5, 0.6) is 0 Å². The number of carbonyl (C=O) groups is 1. The van der Waals surface area contributed by atoms with Gasteiger partial charge in [0.15, 0.2) is 0 Å². The van der Waals surface area contributed by atoms with Crippen molar-refractivity contribution in [2.45, 2.75) is 32.7 Å². The van der Waals surface area contributed by atoms with Crippen LogP contribution >= 0.6 is 0 Å². The minimum Gasteiger partial charge on any atom is -0.380 e. The third-order valence-corrected chi connectivity index (χ3v) is 4.07. The van der Waals surface area contributed by atoms with Gasteiger partial charge in [0.2, 0.25) is 6.43 Å². The summed E-state index contributed by atoms with van der Waals surface area (Å²) in [6.07, 6.45) is -1.43. The molecule has 8 heteroatoms. The fourth-order valence-corrected chi connectivity index (χ4v) is 2.90. The fraction of sp³-hybridized carbons (Fsp3) is 0.316. The van der Waals surface area contributed by atoms with Crippen LogP contribution in [0.15, 0.2) is 24.4 Å². The molecular weight excluding hydrogens is 352 g/mol. The van der Waals surface area contributed by atoms with E-state index >= 15 is 0 Å². The molecule has 0 spiro atoms. The van der Waals surface area contributed by atoms with Crippen molar-refractivity contribution in [2.75, 3.05) is 11.9 Å². The van der Waals surface area contributed by atoms with Crippen LogP contribution < -0.4 is 10.6 Å². The predicted octanol–water partition coefficient (Wildman–Crippen LogP) is 3.79. The highest BCUT2D eigenvalue weighted by atomic mass is 19.3. The zero-order valence-electron chi connectivity index (χ0n) is 14.9. The molecule has 0 bridgehead atoms. The third kappa shape index (κ3) is 3.82. The maximum absolute atomic E-state index is 12.5. The average Bonchev–Trinajstić information content (AvgIpc) is 2.99. The molecule has 27 heavy (non-hydrogen) atoms. The van der Waals surface area contributed by atoms with Crippen molar-refractivity contribution in [1.29, 1.82) is 5.26 Å². The Morgan fingerprint density at radius 3 is 2.81 bits per heavy atom. The molecule has 0 saturated heterocycles. The van der Waals surface area contributed by atoms with Gasteiger partial charge >= 0.3 is 0 Å². The van der Waals surface area contributed by atoms with E-state index in [1.807, 2.05) is 13.8 Å². The van der Waals surface area contributed by atoms with Gasteiger partial charge < -0.3 is 15.6 Å². The first-order valence-corrected chi connectivity index (χ1v) is 8.58. The molecule has 6 nitrogen and oxygen atoms in total. The van der Waals surface area contributed by atoms with Crippen LogP contribution in [0.2, 0.25) is 0 Å². The molecule has 1 aromatic carbocycles. The lowest BCUT2D eigenvalue weighted by molar-refractivity contribution is 0.0934. The zero-order valence-corrected chi connectivity index (χ0v) is 14.9. The van der Waals surface area contributed by atoms with Crippen molar-refractivity contribution in [3.8, 4) is 6.07 Å². The number of aromatic nitrogens is 2. The van der Waals surface area contributed by atoms with Gasteiger partial charge in [0.25, 0.3) is 5.91 Å². The molecule has 0 unspecified atom stereocenters. The number of alkyl halides is 2. The van der Waals surface area contributed by atoms with Crippen LogP contribution in [-0.2, 0) is 0 Å². The Morgan fingerprint density at radius 2 is 2.15 bits per heavy atom. The Hall–Kier alpha value is -3.21. The van der Waals surface area contributed by atoms with E-state index in [0.29, 0.717) is 22.3 Å². The molecule has 2 heterocycles. The summed E-state index contributed by atoms with van der Waals surface area (Å²) in [5.74, 6) is -0.468. The van der Waals surface area contributed by atoms with Crippen molar-refractivity contribution in [1.82, 2.24) is 15.3 Å². The molecule has 0 aliphatic heterocycles. The number of rotatable bonds is 6. The van der Waals surface area contributed by atoms with Gasteiger partial charge in [-0.3, -0.25) is 9.78 Å². The average molecular weight is 371 g/mol. The molecular formula is C19H19F2N5O. The number of pyridine rings is 1. The number of aromatic amines is 1. The van der Waals surface area contributed by atoms with Gasteiger partial charge in [-0.05, 0) is 32.0 Å². The second-order valence-corrected chi connectivity index (χ2v) is 6.50. The van der Waals surface area contributed by atoms with E-state index in [1.165, 1.54) is 6.20 Å². The van der Waals surface area contributed by atoms with Gasteiger partial charge in [-0.25, -0.2) is 8.78 Å². The summed E-state index contributed by atoms with van der Waals surface area (Å²) in [5.41, 5.74) is 3.38. The summed E-state index contributed by atoms with van der Waals surface area (Å²) >= 11 is 0. The summed E-state index contributed by atoms with van der Waals surface area (Å²) < 4.78 is 24.6. The second-order valence-electron chi connectivity index (χ2n) is 6.50. The van der Waals surface area contributed by atoms with Crippen LogP contribution in [-0.4, -0.2) is 34.9 Å². The van der Waals surface area contributed by atoms with Gasteiger partial charge in [0, 0.05) is 36.1 Å². The van der Waals surface area contributed by atoms with Gasteiger partial charge in [0.05, 0.1) is 33.9 Å². The first kappa shape index (κ1) is 18.6. The second kappa shape index (κ2) is 7.58. The number of amides is 1. The Bertz CT molecular complexity index is 1040. The molecule has 0 radical (unpaired) electrons. The number of hydrogen-bond donors (Lipinski definition) is 3. The standard InChI is InChI=1S/C19H19F2N5O/c1-10(2)25-17-13(19(27)23-6-5-15(20)21)9-24-16-12-4-3-11(8-22)7-14(12)26-18(16)17/h3-4,7,9-10,15,26H,5-6H2,1-2H3,(H,23,27)(H,24,25). The molecule has 0 saturated carbocycles. The molecule has 140 valence electrons. The number of fused-ring (bicyclic) bond motifs is 3. The molecule has 0 atom stereocenters. The van der Waals surface area contributed by atoms with Crippen LogP contribution in [0.25, 0.3) is 21.9 Å². The van der Waals surface area contributed by atoms with Crippen molar-refractivity contribution in [3.63, 3.8) is 0 Å². The van der Waals surface area contributed by atoms with Crippen LogP contribution in [0.4, 0.5) is 14.5 Å². The molecule has 0 aliphatic rings. The van der Waals surface area contributed by atoms with E-state index in [1.54, 1.807) is 18.2 Å². The molecule has 3 N–H and O–H groups in total. The van der Waals surface area contributed by atoms with E-state index in [-0.39, 0.29) is 18.2 Å². The molecule has 3 rings (SSSR count). The maximum Gasteiger partial charge on any atom is 0.255 e. The van der Waals surface area contributed by atoms with E-state index in [0.717, 1.165) is 10.9 Å². The first-order valence-electron chi connectivity index (χ1n) is 8.58. The quantitative estimate of drug-likeness (QED) is 0.614. The van der Waals surface area contributed by atoms with Gasteiger partial charge in [-0.2, -0.15) is 5.26 Å². The highest BCUT2D eigenvalue weighted by Gasteiger charge is 2.19. The van der Waals surface area contributed by atoms with Crippen LogP contribution in [0.1, 0.15) is 36.2 Å². The molecule has 2 aromatic heterocycles. The molecule has 0 fully saturated rings. The highest BCUT2D eigenvalue weighted by Crippen LogP contribution is 2.32. The molecule has 3 aromatic rings. The van der Waals surface area contributed by atoms with E-state index in [9.17, 15) is 13.6 Å². The van der Waals surface area contributed by atoms with Crippen LogP contribution in [0.3, 0.4) is 0 Å². The normalized spacial score (nSPS) is 11.3. The first-order chi connectivity index (χ1) is 12.9. The Kier molecular flexibility index (Phi) is 5.21. The summed E-state index contributed by atoms with van der Waals surface area (Å²) in [6.45, 7) is 3.75. The lowest BCUT2D eigenvalue weighted by Gasteiger charge is -2.15. The highest BCUT2D eigenvalue weighted by molar-refractivity contribution is 6.13. The number of halogens is 2. The number of nitrogens with zero attached hydrogens (tertiary/aromatic N) is 2. The summed E-state index contributed by atoms with van der Waals surface area (Å²) in [7, 11) is 0. The lowest BCUT2D eigenvalue weighted by atomic mass is 10.1. The minimum atomic E-state index is -2.47. The number of nitrogens with one attached hydrogen (secondary N) is 3. The summed E-state index contributed by atoms with van der Waals surface area (Å²) in [6, 6.07) is 7.36. The largest absolute Gasteiger partial charge is 0.380 e. The predicted molar refractivity (Wildman–Crippen MR) is 100 cm³/mol. The Balaban J connectivity index is 2.09. The number of H-pyrrole nitrogens is 1. The van der Waals surface area contributed by atoms with Crippen molar-refractivity contribution >= 4 is 33.5 Å². The van der Waals surface area contributed by atoms with E-state index < -0.39 is 18.8 Å². The SMILES string of the molecule is CC(C)Nc1c(C(=O)NCCC(F)F)cnc2c1[nH]c1cc(C#N)ccc12. The number of hydrogen-bond acceptors (Lipinski definition) is 4. The smallest absolute Gasteiger partial charge is 0.255 e. The van der Waals surface area contributed by atoms with Gasteiger partial charge in [-0.1, -0.05) is 0 Å². The zero-order chi connectivity index (χ0) is 19.6. The van der Waals surface area contributed by atoms with Crippen molar-refractivity contribution in [3.05, 3.63) is 35.5 Å². The summed E-state index contributed by atoms with van der Waals surface area (Å²) in [5, 5.41) is 15.7. The molecule has 0 aliphatic carbocycles. The fourth-order valence-electron chi connectivity index (χ4n) is 2.90. The number of anilines is 1. The number of benzene rings is 1. The van der Waals surface area contributed by atoms with Crippen LogP contribution in [0, 0.1) is 11.3 Å². The van der Waals surface area contributed by atoms with Crippen molar-refractivity contribution in [2.24, 2.45) is 0 Å². The lowest BCUT2D eigenvalue weighted by Crippen LogP contribution is -2.27. The van der Waals surface area contributed by atoms with Crippen molar-refractivity contribution < 1.29 is 13.6 Å². The Labute approximate surface area is 154 Å².